The van der Waals surface area contributed by atoms with Gasteiger partial charge in [-0.2, -0.15) is 13.7 Å². The Bertz CT molecular complexity index is 2150. The molecule has 3 aromatic rings. The molecule has 0 aliphatic carbocycles. The third-order valence-electron chi connectivity index (χ3n) is 10.3. The van der Waals surface area contributed by atoms with Crippen LogP contribution < -0.4 is 11.7 Å². The zero-order valence-corrected chi connectivity index (χ0v) is 34.2. The van der Waals surface area contributed by atoms with Crippen molar-refractivity contribution < 1.29 is 51.3 Å². The van der Waals surface area contributed by atoms with E-state index in [4.69, 9.17) is 32.7 Å². The second-order valence-corrected chi connectivity index (χ2v) is 18.0. The lowest BCUT2D eigenvalue weighted by atomic mass is 9.77. The molecule has 2 aromatic carbocycles. The van der Waals surface area contributed by atoms with Gasteiger partial charge in [0, 0.05) is 51.8 Å². The van der Waals surface area contributed by atoms with Gasteiger partial charge in [0.05, 0.1) is 59.4 Å². The number of nitrogens with one attached hydrogen (secondary N) is 1. The van der Waals surface area contributed by atoms with Crippen molar-refractivity contribution in [3.05, 3.63) is 87.9 Å². The molecule has 21 heteroatoms. The lowest BCUT2D eigenvalue weighted by molar-refractivity contribution is -0.151. The highest BCUT2D eigenvalue weighted by Gasteiger charge is 2.52. The average molecular weight is 890 g/mol. The van der Waals surface area contributed by atoms with Crippen molar-refractivity contribution in [1.82, 2.24) is 18.8 Å². The lowest BCUT2D eigenvalue weighted by Crippen LogP contribution is -2.58. The summed E-state index contributed by atoms with van der Waals surface area (Å²) in [6.45, 7) is 4.00. The first kappa shape index (κ1) is 48.4. The number of aromatic nitrogens is 2. The summed E-state index contributed by atoms with van der Waals surface area (Å²) in [7, 11) is -7.69. The summed E-state index contributed by atoms with van der Waals surface area (Å²) in [4.78, 5) is 37.1. The van der Waals surface area contributed by atoms with Crippen molar-refractivity contribution in [2.24, 2.45) is 23.5 Å². The topological polar surface area (TPSA) is 277 Å². The van der Waals surface area contributed by atoms with Crippen molar-refractivity contribution >= 4 is 61.0 Å². The summed E-state index contributed by atoms with van der Waals surface area (Å²) >= 11 is 11.8. The largest absolute Gasteiger partial charge is 0.515 e. The van der Waals surface area contributed by atoms with Gasteiger partial charge in [-0.3, -0.25) is 31.2 Å². The zero-order valence-electron chi connectivity index (χ0n) is 31.1. The maximum Gasteiger partial charge on any atom is 0.309 e. The van der Waals surface area contributed by atoms with E-state index in [9.17, 15) is 36.3 Å². The smallest absolute Gasteiger partial charge is 0.309 e. The predicted octanol–water partition coefficient (Wildman–Crippen LogP) is 3.78. The Hall–Kier alpha value is -3.92. The van der Waals surface area contributed by atoms with Gasteiger partial charge in [-0.25, -0.2) is 16.8 Å². The molecule has 0 saturated carbocycles. The number of aliphatic hydroxyl groups excluding tert-OH is 1. The van der Waals surface area contributed by atoms with E-state index in [1.165, 1.54) is 40.7 Å². The van der Waals surface area contributed by atoms with Gasteiger partial charge in [0.1, 0.15) is 0 Å². The van der Waals surface area contributed by atoms with E-state index in [2.05, 4.69) is 21.9 Å². The van der Waals surface area contributed by atoms with Crippen LogP contribution in [0.2, 0.25) is 10.0 Å². The van der Waals surface area contributed by atoms with Gasteiger partial charge < -0.3 is 20.1 Å². The number of hydrazine groups is 1. The molecular weight excluding hydrogens is 839 g/mol. The highest BCUT2D eigenvalue weighted by Crippen LogP contribution is 2.47. The van der Waals surface area contributed by atoms with Gasteiger partial charge in [0.25, 0.3) is 0 Å². The molecule has 1 aromatic heterocycles. The van der Waals surface area contributed by atoms with Gasteiger partial charge in [-0.1, -0.05) is 30.6 Å². The van der Waals surface area contributed by atoms with Gasteiger partial charge in [-0.15, -0.1) is 0 Å². The SMILES string of the molecule is C.CCOC(=O)C1CC2CC(=O)/C(=C\O)C(C1)N2S(=O)(=O)c1ccc(Cl)cc1.CCOC(=O)C1CC2Cc3[nH]ncc3C(C1)N2S(=O)(=O)c1ccc(Cl)cc1.NN.O. The molecule has 0 spiro atoms. The van der Waals surface area contributed by atoms with Crippen molar-refractivity contribution in [2.45, 2.75) is 93.8 Å². The third-order valence-corrected chi connectivity index (χ3v) is 14.7. The molecule has 17 nitrogen and oxygen atoms in total. The number of aromatic amines is 1. The molecule has 320 valence electrons. The van der Waals surface area contributed by atoms with E-state index in [0.29, 0.717) is 42.2 Å². The second kappa shape index (κ2) is 20.4. The highest BCUT2D eigenvalue weighted by molar-refractivity contribution is 7.89. The summed E-state index contributed by atoms with van der Waals surface area (Å²) in [5.74, 6) is 6.17. The number of esters is 2. The number of carbonyl (C=O) groups is 3. The minimum atomic E-state index is -3.95. The number of ketones is 1. The average Bonchev–Trinajstić information content (AvgIpc) is 3.64. The molecule has 4 aliphatic rings. The lowest BCUT2D eigenvalue weighted by Gasteiger charge is -2.46. The van der Waals surface area contributed by atoms with Crippen LogP contribution >= 0.6 is 23.2 Å². The first-order chi connectivity index (χ1) is 26.7. The number of rotatable bonds is 8. The molecule has 4 bridgehead atoms. The summed E-state index contributed by atoms with van der Waals surface area (Å²) in [5.41, 5.74) is 1.77. The maximum atomic E-state index is 13.4. The fraction of sp³-hybridized carbons (Fsp3) is 0.459. The fourth-order valence-corrected chi connectivity index (χ4v) is 11.8. The van der Waals surface area contributed by atoms with E-state index in [-0.39, 0.29) is 77.8 Å². The Morgan fingerprint density at radius 1 is 0.810 bits per heavy atom. The predicted molar refractivity (Wildman–Crippen MR) is 215 cm³/mol. The van der Waals surface area contributed by atoms with Gasteiger partial charge >= 0.3 is 11.9 Å². The first-order valence-electron chi connectivity index (χ1n) is 17.9. The van der Waals surface area contributed by atoms with Crippen LogP contribution in [0.4, 0.5) is 0 Å². The van der Waals surface area contributed by atoms with E-state index in [1.807, 2.05) is 0 Å². The number of fused-ring (bicyclic) bond motifs is 6. The highest BCUT2D eigenvalue weighted by atomic mass is 35.5. The molecule has 0 amide bonds. The van der Waals surface area contributed by atoms with Crippen molar-refractivity contribution in [3.63, 3.8) is 0 Å². The standard InChI is InChI=1S/C18H20ClN3O4S.C18H20ClNO6S.CH4.H4N2.H2O/c1-2-26-18(23)11-7-13-9-16-15(10-20-21-16)17(8-11)22(13)27(24,25)14-5-3-12(19)4-6-14;1-2-26-18(23)11-7-13-9-17(22)15(10-21)16(8-11)20(13)27(24,25)14-5-3-12(19)4-6-14;;1-2;/h3-6,10-11,13,17H,2,7-9H2,1H3,(H,20,21);3-6,10-11,13,16,21H,2,7-9H2,1H3;1H4;1-2H2;1H2/b;15-10-;;;. The van der Waals surface area contributed by atoms with E-state index in [0.717, 1.165) is 11.3 Å². The van der Waals surface area contributed by atoms with Crippen molar-refractivity contribution in [2.75, 3.05) is 13.2 Å². The Morgan fingerprint density at radius 3 is 1.69 bits per heavy atom. The van der Waals surface area contributed by atoms with Gasteiger partial charge in [-0.05, 0) is 88.1 Å². The number of ether oxygens (including phenoxy) is 2. The molecule has 0 radical (unpaired) electrons. The summed E-state index contributed by atoms with van der Waals surface area (Å²) < 4.78 is 66.3. The van der Waals surface area contributed by atoms with E-state index >= 15 is 0 Å². The number of sulfonamides is 2. The molecule has 3 fully saturated rings. The van der Waals surface area contributed by atoms with Crippen LogP contribution in [0.25, 0.3) is 0 Å². The second-order valence-electron chi connectivity index (χ2n) is 13.5. The van der Waals surface area contributed by atoms with Crippen LogP contribution in [0.3, 0.4) is 0 Å². The number of carbonyl (C=O) groups excluding carboxylic acids is 3. The van der Waals surface area contributed by atoms with Crippen LogP contribution in [-0.4, -0.2) is 95.3 Å². The van der Waals surface area contributed by atoms with Crippen LogP contribution in [-0.2, 0) is 50.3 Å². The third kappa shape index (κ3) is 9.75. The van der Waals surface area contributed by atoms with E-state index < -0.39 is 50.1 Å². The number of aliphatic hydroxyl groups is 1. The number of piperidine rings is 3. The Kier molecular flexibility index (Phi) is 17.0. The number of nitrogens with two attached hydrogens (primary N) is 2. The Balaban J connectivity index is 0.000000288. The van der Waals surface area contributed by atoms with Crippen LogP contribution in [0.5, 0.6) is 0 Å². The molecular formula is C37H50Cl2N6O11S2. The number of nitrogens with zero attached hydrogens (tertiary/aromatic N) is 3. The molecule has 3 saturated heterocycles. The molecule has 6 atom stereocenters. The zero-order chi connectivity index (χ0) is 40.9. The van der Waals surface area contributed by atoms with Crippen LogP contribution in [0, 0.1) is 11.8 Å². The van der Waals surface area contributed by atoms with Gasteiger partial charge in [0.2, 0.25) is 20.0 Å². The number of H-pyrrole nitrogens is 1. The fourth-order valence-electron chi connectivity index (χ4n) is 7.96. The van der Waals surface area contributed by atoms with Crippen molar-refractivity contribution in [1.29, 1.82) is 0 Å². The Morgan fingerprint density at radius 2 is 1.24 bits per heavy atom. The van der Waals surface area contributed by atoms with Gasteiger partial charge in [0.15, 0.2) is 5.78 Å². The minimum Gasteiger partial charge on any atom is -0.515 e. The monoisotopic (exact) mass is 888 g/mol. The number of Topliss-reactive ketones (excluding diaryl/α,β-unsaturated/α-hetero) is 1. The number of halogens is 2. The molecule has 7 rings (SSSR count). The summed E-state index contributed by atoms with van der Waals surface area (Å²) in [6.07, 6.45) is 3.82. The Labute approximate surface area is 348 Å². The minimum absolute atomic E-state index is 0. The number of benzene rings is 2. The molecule has 4 aliphatic heterocycles. The van der Waals surface area contributed by atoms with Crippen LogP contribution in [0.15, 0.2) is 76.4 Å². The normalized spacial score (nSPS) is 24.6. The molecule has 5 heterocycles. The van der Waals surface area contributed by atoms with E-state index in [1.54, 1.807) is 36.5 Å². The summed E-state index contributed by atoms with van der Waals surface area (Å²) in [6, 6.07) is 9.56. The molecule has 6 unspecified atom stereocenters. The molecule has 58 heavy (non-hydrogen) atoms. The molecule has 8 N–H and O–H groups in total. The van der Waals surface area contributed by atoms with Crippen LogP contribution in [0.1, 0.15) is 70.7 Å². The first-order valence-corrected chi connectivity index (χ1v) is 21.5. The maximum absolute atomic E-state index is 13.4. The number of hydrogen-bond donors (Lipinski definition) is 4. The van der Waals surface area contributed by atoms with Crippen molar-refractivity contribution in [3.8, 4) is 0 Å². The quantitative estimate of drug-likeness (QED) is 0.0825. The summed E-state index contributed by atoms with van der Waals surface area (Å²) in [5, 5.41) is 17.5. The number of hydrogen-bond acceptors (Lipinski definition) is 13.